The summed E-state index contributed by atoms with van der Waals surface area (Å²) in [6.45, 7) is 4.54. The van der Waals surface area contributed by atoms with E-state index in [2.05, 4.69) is 5.23 Å². The van der Waals surface area contributed by atoms with Gasteiger partial charge < -0.3 is 16.7 Å². The van der Waals surface area contributed by atoms with Crippen molar-refractivity contribution in [2.24, 2.45) is 11.5 Å². The molecule has 0 spiro atoms. The number of hydrogen-bond acceptors (Lipinski definition) is 5. The van der Waals surface area contributed by atoms with Crippen LogP contribution in [-0.2, 0) is 4.79 Å². The van der Waals surface area contributed by atoms with Gasteiger partial charge in [0.05, 0.1) is 6.04 Å². The minimum absolute atomic E-state index is 0.123. The Morgan fingerprint density at radius 1 is 1.35 bits per heavy atom. The van der Waals surface area contributed by atoms with Gasteiger partial charge in [-0.05, 0) is 13.8 Å². The summed E-state index contributed by atoms with van der Waals surface area (Å²) in [4.78, 5) is 11.8. The fourth-order valence-corrected chi connectivity index (χ4v) is 3.21. The highest BCUT2D eigenvalue weighted by molar-refractivity contribution is 8.76. The lowest BCUT2D eigenvalue weighted by Crippen LogP contribution is -2.44. The maximum atomic E-state index is 11.8. The van der Waals surface area contributed by atoms with E-state index in [1.54, 1.807) is 21.6 Å². The first-order chi connectivity index (χ1) is 9.65. The van der Waals surface area contributed by atoms with Gasteiger partial charge in [0, 0.05) is 18.1 Å². The predicted octanol–water partition coefficient (Wildman–Crippen LogP) is 1.16. The van der Waals surface area contributed by atoms with Crippen molar-refractivity contribution in [3.8, 4) is 0 Å². The highest BCUT2D eigenvalue weighted by Gasteiger charge is 2.13. The zero-order chi connectivity index (χ0) is 15.2. The molecule has 0 saturated carbocycles. The number of rotatable bonds is 10. The van der Waals surface area contributed by atoms with Gasteiger partial charge in [-0.2, -0.15) is 0 Å². The summed E-state index contributed by atoms with van der Waals surface area (Å²) in [5.74, 6) is 1.34. The average molecular weight is 313 g/mol. The topological polar surface area (TPSA) is 81.1 Å². The molecule has 112 valence electrons. The monoisotopic (exact) mass is 313 g/mol. The summed E-state index contributed by atoms with van der Waals surface area (Å²) in [6, 6.07) is -0.487. The highest BCUT2D eigenvalue weighted by Crippen LogP contribution is 2.20. The Morgan fingerprint density at radius 2 is 2.10 bits per heavy atom. The van der Waals surface area contributed by atoms with Gasteiger partial charge in [0.25, 0.3) is 7.41 Å². The van der Waals surface area contributed by atoms with Crippen LogP contribution in [0.15, 0.2) is 35.9 Å². The van der Waals surface area contributed by atoms with Crippen molar-refractivity contribution in [1.29, 1.82) is 0 Å². The Kier molecular flexibility index (Phi) is 12.9. The number of hydrogen-bond donors (Lipinski definition) is 3. The average Bonchev–Trinajstić information content (AvgIpc) is 2.45. The predicted molar refractivity (Wildman–Crippen MR) is 94.9 cm³/mol. The van der Waals surface area contributed by atoms with Crippen molar-refractivity contribution in [2.45, 2.75) is 19.9 Å². The maximum Gasteiger partial charge on any atom is 0.269 e. The van der Waals surface area contributed by atoms with Crippen LogP contribution in [-0.4, -0.2) is 37.4 Å². The molecule has 0 bridgehead atoms. The van der Waals surface area contributed by atoms with E-state index >= 15 is 0 Å². The van der Waals surface area contributed by atoms with Crippen molar-refractivity contribution >= 4 is 34.9 Å². The molecule has 0 rings (SSSR count). The first kappa shape index (κ1) is 19.4. The summed E-state index contributed by atoms with van der Waals surface area (Å²) in [6.07, 6.45) is 9.78. The minimum atomic E-state index is -0.487. The molecule has 5 N–H and O–H groups in total. The second-order valence-corrected chi connectivity index (χ2v) is 6.61. The highest BCUT2D eigenvalue weighted by atomic mass is 33.1. The molecule has 0 saturated heterocycles. The molecule has 0 radical (unpaired) electrons. The molecule has 7 heteroatoms. The third kappa shape index (κ3) is 10.2. The largest absolute Gasteiger partial charge is 0.396 e. The summed E-state index contributed by atoms with van der Waals surface area (Å²) >= 11 is 0. The quantitative estimate of drug-likeness (QED) is 0.244. The van der Waals surface area contributed by atoms with E-state index in [0.717, 1.165) is 11.2 Å². The van der Waals surface area contributed by atoms with Crippen LogP contribution in [0.5, 0.6) is 0 Å². The van der Waals surface area contributed by atoms with Crippen LogP contribution < -0.4 is 16.7 Å². The van der Waals surface area contributed by atoms with Gasteiger partial charge in [-0.25, -0.2) is 0 Å². The molecule has 20 heavy (non-hydrogen) atoms. The van der Waals surface area contributed by atoms with Crippen molar-refractivity contribution in [1.82, 2.24) is 5.23 Å². The maximum absolute atomic E-state index is 11.8. The fourth-order valence-electron chi connectivity index (χ4n) is 1.23. The van der Waals surface area contributed by atoms with Crippen LogP contribution in [0.25, 0.3) is 0 Å². The van der Waals surface area contributed by atoms with Crippen molar-refractivity contribution < 1.29 is 4.79 Å². The molecule has 0 aliphatic carbocycles. The van der Waals surface area contributed by atoms with Crippen molar-refractivity contribution in [3.05, 3.63) is 35.9 Å². The molecule has 1 amide bonds. The van der Waals surface area contributed by atoms with Crippen LogP contribution in [0.1, 0.15) is 13.8 Å². The first-order valence-electron chi connectivity index (χ1n) is 6.58. The lowest BCUT2D eigenvalue weighted by molar-refractivity contribution is -0.120. The second kappa shape index (κ2) is 13.4. The van der Waals surface area contributed by atoms with Crippen LogP contribution in [0.4, 0.5) is 0 Å². The number of allylic oxidation sites excluding steroid dienone is 6. The number of carbonyl (C=O) groups excluding carboxylic acids is 1. The van der Waals surface area contributed by atoms with E-state index in [0.29, 0.717) is 19.7 Å². The third-order valence-electron chi connectivity index (χ3n) is 2.22. The SMILES string of the molecule is C\C=C/C=C(BNC(=O)C(N)CSSCCN)\C=C/C. The van der Waals surface area contributed by atoms with Crippen LogP contribution in [0.3, 0.4) is 0 Å². The van der Waals surface area contributed by atoms with E-state index in [4.69, 9.17) is 11.5 Å². The van der Waals surface area contributed by atoms with Crippen molar-refractivity contribution in [2.75, 3.05) is 18.1 Å². The minimum Gasteiger partial charge on any atom is -0.396 e. The van der Waals surface area contributed by atoms with Gasteiger partial charge in [0.1, 0.15) is 0 Å². The zero-order valence-corrected chi connectivity index (χ0v) is 13.8. The molecule has 0 aromatic rings. The van der Waals surface area contributed by atoms with Gasteiger partial charge in [-0.3, -0.25) is 4.79 Å². The number of amides is 1. The standard InChI is InChI=1S/C13H24BN3OS2/c1-3-5-7-11(6-4-2)14-17-13(18)12(16)10-20-19-9-8-15/h3-7,12,14H,8-10,15-16H2,1-2H3,(H,17,18)/b5-3-,6-4-,11-7+. The Balaban J connectivity index is 4.11. The van der Waals surface area contributed by atoms with E-state index in [1.807, 2.05) is 44.2 Å². The Labute approximate surface area is 130 Å². The molecule has 0 fully saturated rings. The lowest BCUT2D eigenvalue weighted by atomic mass is 9.81. The van der Waals surface area contributed by atoms with Gasteiger partial charge >= 0.3 is 0 Å². The molecule has 0 aliphatic heterocycles. The fraction of sp³-hybridized carbons (Fsp3) is 0.462. The van der Waals surface area contributed by atoms with Crippen LogP contribution >= 0.6 is 21.6 Å². The molecule has 0 aliphatic rings. The Morgan fingerprint density at radius 3 is 2.70 bits per heavy atom. The number of nitrogens with two attached hydrogens (primary N) is 2. The first-order valence-corrected chi connectivity index (χ1v) is 9.06. The van der Waals surface area contributed by atoms with E-state index in [1.165, 1.54) is 0 Å². The number of carbonyl (C=O) groups is 1. The molecular weight excluding hydrogens is 289 g/mol. The normalized spacial score (nSPS) is 13.9. The van der Waals surface area contributed by atoms with Gasteiger partial charge in [-0.1, -0.05) is 57.4 Å². The Bertz CT molecular complexity index is 360. The molecule has 0 heterocycles. The lowest BCUT2D eigenvalue weighted by Gasteiger charge is -2.11. The van der Waals surface area contributed by atoms with Gasteiger partial charge in [0.15, 0.2) is 0 Å². The molecule has 0 aromatic carbocycles. The second-order valence-electron chi connectivity index (χ2n) is 3.99. The zero-order valence-electron chi connectivity index (χ0n) is 12.2. The van der Waals surface area contributed by atoms with E-state index in [-0.39, 0.29) is 5.91 Å². The van der Waals surface area contributed by atoms with Crippen LogP contribution in [0.2, 0.25) is 0 Å². The van der Waals surface area contributed by atoms with E-state index < -0.39 is 6.04 Å². The third-order valence-corrected chi connectivity index (χ3v) is 4.69. The van der Waals surface area contributed by atoms with Gasteiger partial charge in [0.2, 0.25) is 5.91 Å². The van der Waals surface area contributed by atoms with Crippen LogP contribution in [0, 0.1) is 0 Å². The van der Waals surface area contributed by atoms with Crippen molar-refractivity contribution in [3.63, 3.8) is 0 Å². The molecule has 4 nitrogen and oxygen atoms in total. The summed E-state index contributed by atoms with van der Waals surface area (Å²) in [5, 5.41) is 2.85. The molecule has 1 unspecified atom stereocenters. The summed E-state index contributed by atoms with van der Waals surface area (Å²) in [5.41, 5.74) is 12.3. The molecule has 0 aromatic heterocycles. The molecular formula is C13H24BN3OS2. The Hall–Kier alpha value is -0.625. The van der Waals surface area contributed by atoms with E-state index in [9.17, 15) is 4.79 Å². The van der Waals surface area contributed by atoms with Gasteiger partial charge in [-0.15, -0.1) is 0 Å². The summed E-state index contributed by atoms with van der Waals surface area (Å²) in [7, 11) is 3.71. The smallest absolute Gasteiger partial charge is 0.269 e. The molecule has 1 atom stereocenters. The summed E-state index contributed by atoms with van der Waals surface area (Å²) < 4.78 is 0. The number of nitrogens with one attached hydrogen (secondary N) is 1.